The Hall–Kier alpha value is -5.27. The number of alkyl carbamates (subject to hydrolysis) is 1. The Bertz CT molecular complexity index is 1610. The van der Waals surface area contributed by atoms with Crippen molar-refractivity contribution < 1.29 is 43.2 Å². The molecule has 0 spiro atoms. The molecule has 1 aromatic carbocycles. The van der Waals surface area contributed by atoms with Crippen LogP contribution >= 0.6 is 0 Å². The van der Waals surface area contributed by atoms with Crippen LogP contribution < -0.4 is 10.6 Å². The van der Waals surface area contributed by atoms with Gasteiger partial charge in [-0.05, 0) is 58.2 Å². The molecule has 2 heterocycles. The maximum absolute atomic E-state index is 13.6. The summed E-state index contributed by atoms with van der Waals surface area (Å²) in [5, 5.41) is 34.9. The Morgan fingerprint density at radius 1 is 1.16 bits per heavy atom. The Morgan fingerprint density at radius 3 is 2.39 bits per heavy atom. The van der Waals surface area contributed by atoms with E-state index in [2.05, 4.69) is 20.6 Å². The molecule has 2 aromatic rings. The largest absolute Gasteiger partial charge is 0.463 e. The van der Waals surface area contributed by atoms with Gasteiger partial charge < -0.3 is 39.3 Å². The fraction of sp³-hybridized carbons (Fsp3) is 0.514. The van der Waals surface area contributed by atoms with E-state index >= 15 is 0 Å². The van der Waals surface area contributed by atoms with Crippen molar-refractivity contribution in [3.8, 4) is 6.07 Å². The first-order valence-corrected chi connectivity index (χ1v) is 16.6. The number of rotatable bonds is 13. The molecule has 276 valence electrons. The molecule has 16 heteroatoms. The standard InChI is InChI=1S/C35H47N7O9/c1-8-42(9-2)32(46)41-30(38-20-37)23-15-16-25(39-23)35(19-36)29(44)28(24(50-35)18-48-26(43)17-22-13-11-10-12-14-22)49-31(45)27(21(3)4)40-33(47)51-34(5,6)7/h10-16,20-21,24,27-29,39,44H,8-9,17-18H2,1-7H3,(H,40,47)(H2,37,38,41,46)/t24-,27+,28-,29-,35+/m1/s1. The Kier molecular flexibility index (Phi) is 13.9. The van der Waals surface area contributed by atoms with Crippen molar-refractivity contribution in [3.63, 3.8) is 0 Å². The summed E-state index contributed by atoms with van der Waals surface area (Å²) >= 11 is 0. The maximum Gasteiger partial charge on any atom is 0.408 e. The van der Waals surface area contributed by atoms with Crippen LogP contribution in [0, 0.1) is 22.7 Å². The highest BCUT2D eigenvalue weighted by molar-refractivity contribution is 6.08. The summed E-state index contributed by atoms with van der Waals surface area (Å²) in [6, 6.07) is 12.0. The molecule has 0 radical (unpaired) electrons. The fourth-order valence-corrected chi connectivity index (χ4v) is 5.26. The summed E-state index contributed by atoms with van der Waals surface area (Å²) in [7, 11) is 0. The van der Waals surface area contributed by atoms with Crippen LogP contribution in [0.3, 0.4) is 0 Å². The molecule has 1 aliphatic heterocycles. The number of aliphatic hydroxyl groups is 1. The number of esters is 2. The smallest absolute Gasteiger partial charge is 0.408 e. The highest BCUT2D eigenvalue weighted by atomic mass is 16.6. The minimum atomic E-state index is -2.20. The van der Waals surface area contributed by atoms with Crippen molar-refractivity contribution in [3.05, 3.63) is 59.4 Å². The zero-order valence-corrected chi connectivity index (χ0v) is 29.9. The van der Waals surface area contributed by atoms with Gasteiger partial charge in [0.2, 0.25) is 5.60 Å². The van der Waals surface area contributed by atoms with Crippen LogP contribution in [0.1, 0.15) is 65.4 Å². The molecule has 3 rings (SSSR count). The second kappa shape index (κ2) is 17.6. The number of nitriles is 1. The summed E-state index contributed by atoms with van der Waals surface area (Å²) in [4.78, 5) is 60.1. The molecular formula is C35H47N7O9. The van der Waals surface area contributed by atoms with Gasteiger partial charge >= 0.3 is 24.1 Å². The van der Waals surface area contributed by atoms with E-state index in [0.717, 1.165) is 6.34 Å². The number of nitrogens with one attached hydrogen (secondary N) is 4. The van der Waals surface area contributed by atoms with Crippen LogP contribution in [0.4, 0.5) is 9.59 Å². The summed E-state index contributed by atoms with van der Waals surface area (Å²) in [5.74, 6) is -2.12. The molecule has 1 aromatic heterocycles. The molecule has 1 saturated heterocycles. The minimum absolute atomic E-state index is 0.00582. The van der Waals surface area contributed by atoms with Crippen LogP contribution in [-0.2, 0) is 40.6 Å². The number of hydrogen-bond acceptors (Lipinski definition) is 11. The number of benzene rings is 1. The molecule has 3 amide bonds. The molecule has 0 aliphatic carbocycles. The highest BCUT2D eigenvalue weighted by Gasteiger charge is 2.59. The molecule has 1 aliphatic rings. The van der Waals surface area contributed by atoms with Crippen LogP contribution in [0.25, 0.3) is 0 Å². The van der Waals surface area contributed by atoms with E-state index in [1.807, 2.05) is 6.07 Å². The lowest BCUT2D eigenvalue weighted by molar-refractivity contribution is -0.163. The van der Waals surface area contributed by atoms with Gasteiger partial charge in [-0.3, -0.25) is 15.5 Å². The van der Waals surface area contributed by atoms with Crippen LogP contribution in [-0.4, -0.2) is 101 Å². The minimum Gasteiger partial charge on any atom is -0.463 e. The number of hydrogen-bond donors (Lipinski definition) is 5. The van der Waals surface area contributed by atoms with Gasteiger partial charge in [0.15, 0.2) is 11.9 Å². The second-order valence-corrected chi connectivity index (χ2v) is 13.1. The van der Waals surface area contributed by atoms with Gasteiger partial charge in [-0.15, -0.1) is 0 Å². The van der Waals surface area contributed by atoms with Gasteiger partial charge in [0, 0.05) is 13.1 Å². The second-order valence-electron chi connectivity index (χ2n) is 13.1. The maximum atomic E-state index is 13.6. The number of urea groups is 1. The number of aliphatic hydroxyl groups excluding tert-OH is 1. The third kappa shape index (κ3) is 10.4. The normalized spacial score (nSPS) is 20.9. The van der Waals surface area contributed by atoms with Crippen molar-refractivity contribution in [1.82, 2.24) is 20.5 Å². The lowest BCUT2D eigenvalue weighted by Crippen LogP contribution is -2.50. The fourth-order valence-electron chi connectivity index (χ4n) is 5.26. The molecule has 0 bridgehead atoms. The predicted octanol–water partition coefficient (Wildman–Crippen LogP) is 3.15. The summed E-state index contributed by atoms with van der Waals surface area (Å²) in [5.41, 5.74) is -2.20. The van der Waals surface area contributed by atoms with Gasteiger partial charge in [0.1, 0.15) is 42.9 Å². The Morgan fingerprint density at radius 2 is 1.82 bits per heavy atom. The van der Waals surface area contributed by atoms with E-state index in [4.69, 9.17) is 24.4 Å². The number of ether oxygens (including phenoxy) is 4. The molecule has 0 unspecified atom stereocenters. The zero-order valence-electron chi connectivity index (χ0n) is 29.9. The molecule has 1 fully saturated rings. The number of carbonyl (C=O) groups is 4. The zero-order chi connectivity index (χ0) is 37.9. The average Bonchev–Trinajstić information content (AvgIpc) is 3.66. The lowest BCUT2D eigenvalue weighted by Gasteiger charge is -2.28. The number of aromatic amines is 1. The van der Waals surface area contributed by atoms with E-state index in [0.29, 0.717) is 18.7 Å². The summed E-state index contributed by atoms with van der Waals surface area (Å²) in [6.45, 7) is 12.2. The van der Waals surface area contributed by atoms with E-state index in [9.17, 15) is 29.5 Å². The molecule has 5 N–H and O–H groups in total. The Labute approximate surface area is 297 Å². The van der Waals surface area contributed by atoms with E-state index in [1.54, 1.807) is 78.8 Å². The van der Waals surface area contributed by atoms with E-state index < -0.39 is 72.1 Å². The van der Waals surface area contributed by atoms with Gasteiger partial charge in [0.25, 0.3) is 0 Å². The third-order valence-electron chi connectivity index (χ3n) is 7.85. The van der Waals surface area contributed by atoms with Crippen molar-refractivity contribution in [1.29, 1.82) is 10.7 Å². The number of amides is 3. The topological polar surface area (TPSA) is 229 Å². The van der Waals surface area contributed by atoms with Gasteiger partial charge in [0.05, 0.1) is 17.8 Å². The van der Waals surface area contributed by atoms with Crippen LogP contribution in [0.5, 0.6) is 0 Å². The van der Waals surface area contributed by atoms with E-state index in [-0.39, 0.29) is 23.6 Å². The number of amidine groups is 1. The number of aliphatic imine (C=N–C) groups is 1. The summed E-state index contributed by atoms with van der Waals surface area (Å²) < 4.78 is 22.7. The first-order valence-electron chi connectivity index (χ1n) is 16.6. The van der Waals surface area contributed by atoms with Crippen molar-refractivity contribution in [2.45, 2.75) is 90.4 Å². The van der Waals surface area contributed by atoms with Crippen molar-refractivity contribution >= 4 is 36.2 Å². The van der Waals surface area contributed by atoms with Gasteiger partial charge in [-0.1, -0.05) is 44.2 Å². The Balaban J connectivity index is 1.95. The number of aromatic nitrogens is 1. The lowest BCUT2D eigenvalue weighted by atomic mass is 9.92. The monoisotopic (exact) mass is 709 g/mol. The first kappa shape index (κ1) is 40.2. The van der Waals surface area contributed by atoms with Gasteiger partial charge in [-0.2, -0.15) is 5.26 Å². The molecular weight excluding hydrogens is 662 g/mol. The van der Waals surface area contributed by atoms with E-state index in [1.165, 1.54) is 17.0 Å². The van der Waals surface area contributed by atoms with Crippen LogP contribution in [0.2, 0.25) is 0 Å². The summed E-state index contributed by atoms with van der Waals surface area (Å²) in [6.07, 6.45) is -4.97. The quantitative estimate of drug-likeness (QED) is 0.0883. The number of carbonyl (C=O) groups excluding carboxylic acids is 4. The number of nitrogens with zero attached hydrogens (tertiary/aromatic N) is 3. The average molecular weight is 710 g/mol. The molecule has 16 nitrogen and oxygen atoms in total. The van der Waals surface area contributed by atoms with Crippen molar-refractivity contribution in [2.24, 2.45) is 10.9 Å². The third-order valence-corrected chi connectivity index (χ3v) is 7.85. The SMILES string of the molecule is CCN(CC)C(=O)NC(=NC=N)c1ccc([C@]2(C#N)O[C@H](COC(=O)Cc3ccccc3)[C@@H](OC(=O)[C@@H](NC(=O)OC(C)(C)C)C(C)C)[C@H]2O)[nH]1. The van der Waals surface area contributed by atoms with Gasteiger partial charge in [-0.25, -0.2) is 19.4 Å². The molecule has 5 atom stereocenters. The van der Waals surface area contributed by atoms with Crippen molar-refractivity contribution in [2.75, 3.05) is 19.7 Å². The number of H-pyrrole nitrogens is 1. The molecule has 51 heavy (non-hydrogen) atoms. The first-order chi connectivity index (χ1) is 24.1. The van der Waals surface area contributed by atoms with Crippen LogP contribution in [0.15, 0.2) is 47.5 Å². The predicted molar refractivity (Wildman–Crippen MR) is 185 cm³/mol. The highest BCUT2D eigenvalue weighted by Crippen LogP contribution is 2.41. The molecule has 0 saturated carbocycles.